The molecule has 0 aromatic rings. The third-order valence-electron chi connectivity index (χ3n) is 7.13. The predicted octanol–water partition coefficient (Wildman–Crippen LogP) is 0.811. The quantitative estimate of drug-likeness (QED) is 0.544. The van der Waals surface area contributed by atoms with Crippen molar-refractivity contribution in [3.63, 3.8) is 0 Å². The first-order valence-corrected chi connectivity index (χ1v) is 11.0. The highest BCUT2D eigenvalue weighted by Crippen LogP contribution is 2.63. The van der Waals surface area contributed by atoms with Gasteiger partial charge in [0.1, 0.15) is 11.6 Å². The van der Waals surface area contributed by atoms with E-state index in [1.54, 1.807) is 29.0 Å². The minimum absolute atomic E-state index is 0.0248. The number of nitrogens with zero attached hydrogens (tertiary/aromatic N) is 3. The van der Waals surface area contributed by atoms with Crippen LogP contribution in [-0.4, -0.2) is 94.1 Å². The first-order valence-electron chi connectivity index (χ1n) is 11.0. The lowest BCUT2D eigenvalue weighted by Crippen LogP contribution is -2.57. The highest BCUT2D eigenvalue weighted by atomic mass is 16.5. The van der Waals surface area contributed by atoms with Gasteiger partial charge in [-0.1, -0.05) is 12.2 Å². The second-order valence-electron chi connectivity index (χ2n) is 9.36. The van der Waals surface area contributed by atoms with Crippen molar-refractivity contribution in [2.24, 2.45) is 11.8 Å². The number of hydrogen-bond acceptors (Lipinski definition) is 5. The molecule has 5 atom stereocenters. The lowest BCUT2D eigenvalue weighted by atomic mass is 9.66. The van der Waals surface area contributed by atoms with Gasteiger partial charge in [-0.25, -0.2) is 0 Å². The van der Waals surface area contributed by atoms with Crippen molar-refractivity contribution in [2.75, 3.05) is 33.3 Å². The molecule has 3 amide bonds. The van der Waals surface area contributed by atoms with Gasteiger partial charge in [-0.15, -0.1) is 13.2 Å². The van der Waals surface area contributed by atoms with Gasteiger partial charge in [0.2, 0.25) is 17.7 Å². The SMILES string of the molecule is C=CCN(C)C(=O)[C@@H]1[C@H]2C(=O)N(CCO)C(C(=O)N(CC=C)C(C)C)C23CC[C@@]1(C)O3. The van der Waals surface area contributed by atoms with E-state index >= 15 is 0 Å². The molecule has 3 saturated heterocycles. The van der Waals surface area contributed by atoms with Crippen LogP contribution in [0.15, 0.2) is 25.3 Å². The van der Waals surface area contributed by atoms with Crippen molar-refractivity contribution in [1.29, 1.82) is 0 Å². The second-order valence-corrected chi connectivity index (χ2v) is 9.36. The summed E-state index contributed by atoms with van der Waals surface area (Å²) in [6, 6.07) is -0.971. The van der Waals surface area contributed by atoms with Crippen LogP contribution < -0.4 is 0 Å². The van der Waals surface area contributed by atoms with Crippen molar-refractivity contribution in [1.82, 2.24) is 14.7 Å². The van der Waals surface area contributed by atoms with Crippen LogP contribution in [-0.2, 0) is 19.1 Å². The summed E-state index contributed by atoms with van der Waals surface area (Å²) >= 11 is 0. The highest BCUT2D eigenvalue weighted by Gasteiger charge is 2.78. The number of likely N-dealkylation sites (N-methyl/N-ethyl adjacent to an activating group) is 1. The fourth-order valence-electron chi connectivity index (χ4n) is 5.80. The maximum Gasteiger partial charge on any atom is 0.248 e. The molecule has 31 heavy (non-hydrogen) atoms. The third-order valence-corrected chi connectivity index (χ3v) is 7.13. The van der Waals surface area contributed by atoms with Gasteiger partial charge in [-0.2, -0.15) is 0 Å². The Kier molecular flexibility index (Phi) is 6.35. The van der Waals surface area contributed by atoms with Crippen molar-refractivity contribution in [3.8, 4) is 0 Å². The third kappa shape index (κ3) is 3.40. The lowest BCUT2D eigenvalue weighted by molar-refractivity contribution is -0.154. The van der Waals surface area contributed by atoms with Gasteiger partial charge in [0.25, 0.3) is 0 Å². The molecule has 0 radical (unpaired) electrons. The van der Waals surface area contributed by atoms with Crippen molar-refractivity contribution < 1.29 is 24.2 Å². The Bertz CT molecular complexity index is 783. The molecule has 3 heterocycles. The standard InChI is InChI=1S/C23H35N3O5/c1-7-11-24(6)19(28)16-17-20(29)26(13-14-27)18(21(30)25(12-8-2)15(3)4)23(17)10-9-22(16,5)31-23/h7-8,15-18,27H,1-2,9-14H2,3-6H3/t16-,17-,18?,22+,23?/m0/s1. The van der Waals surface area contributed by atoms with Gasteiger partial charge in [0.05, 0.1) is 24.0 Å². The summed E-state index contributed by atoms with van der Waals surface area (Å²) in [5.41, 5.74) is -1.88. The summed E-state index contributed by atoms with van der Waals surface area (Å²) in [6.07, 6.45) is 4.41. The zero-order valence-electron chi connectivity index (χ0n) is 19.0. The monoisotopic (exact) mass is 433 g/mol. The Morgan fingerprint density at radius 1 is 1.26 bits per heavy atom. The molecule has 0 aliphatic carbocycles. The van der Waals surface area contributed by atoms with Crippen molar-refractivity contribution in [3.05, 3.63) is 25.3 Å². The molecule has 172 valence electrons. The van der Waals surface area contributed by atoms with Crippen molar-refractivity contribution in [2.45, 2.75) is 56.9 Å². The maximum atomic E-state index is 13.8. The van der Waals surface area contributed by atoms with Crippen LogP contribution in [0.4, 0.5) is 0 Å². The number of carbonyl (C=O) groups excluding carboxylic acids is 3. The number of aliphatic hydroxyl groups is 1. The van der Waals surface area contributed by atoms with Gasteiger partial charge in [0.15, 0.2) is 0 Å². The van der Waals surface area contributed by atoms with Crippen LogP contribution in [0.5, 0.6) is 0 Å². The van der Waals surface area contributed by atoms with E-state index in [2.05, 4.69) is 13.2 Å². The van der Waals surface area contributed by atoms with Gasteiger partial charge >= 0.3 is 0 Å². The maximum absolute atomic E-state index is 13.8. The zero-order valence-corrected chi connectivity index (χ0v) is 19.0. The molecule has 3 aliphatic rings. The van der Waals surface area contributed by atoms with E-state index in [4.69, 9.17) is 4.74 Å². The van der Waals surface area contributed by atoms with Crippen LogP contribution in [0.2, 0.25) is 0 Å². The van der Waals surface area contributed by atoms with Crippen LogP contribution in [0, 0.1) is 11.8 Å². The van der Waals surface area contributed by atoms with Crippen LogP contribution >= 0.6 is 0 Å². The number of likely N-dealkylation sites (tertiary alicyclic amines) is 1. The van der Waals surface area contributed by atoms with Crippen LogP contribution in [0.1, 0.15) is 33.6 Å². The molecule has 8 heteroatoms. The summed E-state index contributed by atoms with van der Waals surface area (Å²) in [5.74, 6) is -2.11. The van der Waals surface area contributed by atoms with Gasteiger partial charge < -0.3 is 24.5 Å². The highest BCUT2D eigenvalue weighted by molar-refractivity contribution is 5.99. The molecule has 2 bridgehead atoms. The summed E-state index contributed by atoms with van der Waals surface area (Å²) < 4.78 is 6.53. The topological polar surface area (TPSA) is 90.4 Å². The average molecular weight is 434 g/mol. The molecular formula is C23H35N3O5. The smallest absolute Gasteiger partial charge is 0.248 e. The minimum atomic E-state index is -1.07. The summed E-state index contributed by atoms with van der Waals surface area (Å²) in [6.45, 7) is 13.6. The van der Waals surface area contributed by atoms with Crippen LogP contribution in [0.25, 0.3) is 0 Å². The number of aliphatic hydroxyl groups excluding tert-OH is 1. The number of carbonyl (C=O) groups is 3. The fraction of sp³-hybridized carbons (Fsp3) is 0.696. The van der Waals surface area contributed by atoms with Gasteiger partial charge in [-0.3, -0.25) is 14.4 Å². The Labute approximate surface area is 184 Å². The summed E-state index contributed by atoms with van der Waals surface area (Å²) in [7, 11) is 1.68. The molecule has 0 aromatic carbocycles. The molecule has 3 fully saturated rings. The summed E-state index contributed by atoms with van der Waals surface area (Å²) in [4.78, 5) is 45.4. The van der Waals surface area contributed by atoms with E-state index in [1.165, 1.54) is 4.90 Å². The molecule has 1 N–H and O–H groups in total. The van der Waals surface area contributed by atoms with E-state index in [0.29, 0.717) is 25.9 Å². The number of rotatable bonds is 9. The lowest BCUT2D eigenvalue weighted by Gasteiger charge is -2.38. The molecule has 3 rings (SSSR count). The minimum Gasteiger partial charge on any atom is -0.395 e. The molecule has 0 saturated carbocycles. The average Bonchev–Trinajstić information content (AvgIpc) is 3.27. The first kappa shape index (κ1) is 23.5. The second kappa shape index (κ2) is 8.39. The van der Waals surface area contributed by atoms with Gasteiger partial charge in [0, 0.05) is 32.7 Å². The normalized spacial score (nSPS) is 33.5. The zero-order chi connectivity index (χ0) is 23.1. The number of amides is 3. The number of ether oxygens (including phenoxy) is 1. The largest absolute Gasteiger partial charge is 0.395 e. The molecule has 3 aliphatic heterocycles. The van der Waals surface area contributed by atoms with E-state index in [0.717, 1.165) is 0 Å². The number of β-amino-alcohol motifs (C(OH)–C–C–N with tert-alkyl or cyclic N) is 1. The van der Waals surface area contributed by atoms with Crippen LogP contribution in [0.3, 0.4) is 0 Å². The first-order chi connectivity index (χ1) is 14.6. The van der Waals surface area contributed by atoms with E-state index in [9.17, 15) is 19.5 Å². The number of hydrogen-bond donors (Lipinski definition) is 1. The van der Waals surface area contributed by atoms with E-state index in [-0.39, 0.29) is 36.9 Å². The number of fused-ring (bicyclic) bond motifs is 1. The Balaban J connectivity index is 2.07. The molecular weight excluding hydrogens is 398 g/mol. The van der Waals surface area contributed by atoms with Gasteiger partial charge in [-0.05, 0) is 33.6 Å². The van der Waals surface area contributed by atoms with E-state index in [1.807, 2.05) is 20.8 Å². The molecule has 0 aromatic heterocycles. The summed E-state index contributed by atoms with van der Waals surface area (Å²) in [5, 5.41) is 9.65. The van der Waals surface area contributed by atoms with Crippen molar-refractivity contribution >= 4 is 17.7 Å². The fourth-order valence-corrected chi connectivity index (χ4v) is 5.80. The Morgan fingerprint density at radius 3 is 2.45 bits per heavy atom. The van der Waals surface area contributed by atoms with E-state index < -0.39 is 29.1 Å². The Morgan fingerprint density at radius 2 is 1.90 bits per heavy atom. The molecule has 2 unspecified atom stereocenters. The molecule has 1 spiro atoms. The Hall–Kier alpha value is -2.19. The predicted molar refractivity (Wildman–Crippen MR) is 116 cm³/mol. The molecule has 8 nitrogen and oxygen atoms in total.